The van der Waals surface area contributed by atoms with Crippen LogP contribution >= 0.6 is 0 Å². The van der Waals surface area contributed by atoms with Crippen molar-refractivity contribution in [3.05, 3.63) is 102 Å². The number of ether oxygens (including phenoxy) is 2. The number of hydrogen-bond donors (Lipinski definition) is 2. The van der Waals surface area contributed by atoms with Crippen LogP contribution in [0.4, 0.5) is 0 Å². The van der Waals surface area contributed by atoms with Crippen LogP contribution in [0.1, 0.15) is 33.6 Å². The van der Waals surface area contributed by atoms with E-state index in [2.05, 4.69) is 15.5 Å². The second-order valence-electron chi connectivity index (χ2n) is 7.14. The maximum Gasteiger partial charge on any atom is 0.274 e. The number of aromatic amines is 1. The summed E-state index contributed by atoms with van der Waals surface area (Å²) in [5.41, 5.74) is 4.15. The highest BCUT2D eigenvalue weighted by atomic mass is 16.7. The molecule has 3 heterocycles. The average Bonchev–Trinajstić information content (AvgIpc) is 3.52. The molecule has 0 spiro atoms. The van der Waals surface area contributed by atoms with Crippen LogP contribution in [0.5, 0.6) is 0 Å². The number of carbonyl (C=O) groups excluding carboxylic acids is 1. The molecule has 154 valence electrons. The van der Waals surface area contributed by atoms with E-state index in [9.17, 15) is 4.79 Å². The quantitative estimate of drug-likeness (QED) is 0.511. The summed E-state index contributed by atoms with van der Waals surface area (Å²) in [5.74, 6) is 0.00914. The topological polar surface area (TPSA) is 81.2 Å². The summed E-state index contributed by atoms with van der Waals surface area (Å²) >= 11 is 0. The molecule has 1 atom stereocenters. The Hall–Kier alpha value is -4.26. The molecule has 0 saturated heterocycles. The van der Waals surface area contributed by atoms with E-state index in [0.29, 0.717) is 5.69 Å². The minimum atomic E-state index is -0.652. The second-order valence-corrected chi connectivity index (χ2v) is 7.14. The molecular weight excluding hydrogens is 392 g/mol. The molecule has 7 nitrogen and oxygen atoms in total. The summed E-state index contributed by atoms with van der Waals surface area (Å²) < 4.78 is 13.3. The van der Waals surface area contributed by atoms with Gasteiger partial charge >= 0.3 is 0 Å². The van der Waals surface area contributed by atoms with Gasteiger partial charge in [0.2, 0.25) is 5.88 Å². The molecule has 1 aliphatic heterocycles. The number of carbonyl (C=O) groups is 1. The predicted octanol–water partition coefficient (Wildman–Crippen LogP) is 4.35. The van der Waals surface area contributed by atoms with Gasteiger partial charge in [-0.2, -0.15) is 5.10 Å². The first-order valence-electron chi connectivity index (χ1n) is 9.84. The first-order chi connectivity index (χ1) is 15.2. The number of nitrogens with zero attached hydrogens (tertiary/aromatic N) is 2. The third-order valence-electron chi connectivity index (χ3n) is 5.12. The molecule has 2 N–H and O–H groups in total. The maximum absolute atomic E-state index is 12.4. The van der Waals surface area contributed by atoms with Crippen LogP contribution in [0, 0.1) is 0 Å². The van der Waals surface area contributed by atoms with E-state index in [4.69, 9.17) is 9.47 Å². The van der Waals surface area contributed by atoms with Crippen LogP contribution in [0.15, 0.2) is 79.0 Å². The number of aromatic nitrogens is 3. The van der Waals surface area contributed by atoms with Gasteiger partial charge in [-0.25, -0.2) is 0 Å². The zero-order chi connectivity index (χ0) is 21.2. The van der Waals surface area contributed by atoms with Crippen LogP contribution in [0.3, 0.4) is 0 Å². The van der Waals surface area contributed by atoms with Crippen molar-refractivity contribution in [2.75, 3.05) is 0 Å². The van der Waals surface area contributed by atoms with E-state index in [1.807, 2.05) is 80.0 Å². The van der Waals surface area contributed by atoms with Crippen molar-refractivity contribution in [1.29, 1.82) is 0 Å². The third kappa shape index (κ3) is 3.69. The Bertz CT molecular complexity index is 1320. The Morgan fingerprint density at radius 2 is 1.94 bits per heavy atom. The molecule has 7 heteroatoms. The van der Waals surface area contributed by atoms with Gasteiger partial charge in [0.15, 0.2) is 0 Å². The van der Waals surface area contributed by atoms with Crippen LogP contribution < -0.4 is 5.32 Å². The smallest absolute Gasteiger partial charge is 0.274 e. The summed E-state index contributed by atoms with van der Waals surface area (Å²) in [7, 11) is 1.81. The van der Waals surface area contributed by atoms with E-state index in [0.717, 1.165) is 27.7 Å². The standard InChI is InChI=1S/C24H20N4O3/c1-28-14-6-11-21(28)23(29)25-22-15-30-24(31-22)17-8-3-2-7-16(17)12-13-20-18-9-4-5-10-19(18)26-27-20/h2-15,24H,1H3,(H,25,29)(H,26,27)/b13-12+. The van der Waals surface area contributed by atoms with Crippen molar-refractivity contribution in [3.63, 3.8) is 0 Å². The third-order valence-corrected chi connectivity index (χ3v) is 5.12. The number of benzene rings is 2. The fourth-order valence-electron chi connectivity index (χ4n) is 3.52. The van der Waals surface area contributed by atoms with Crippen molar-refractivity contribution in [1.82, 2.24) is 20.1 Å². The largest absolute Gasteiger partial charge is 0.453 e. The van der Waals surface area contributed by atoms with Gasteiger partial charge < -0.3 is 14.0 Å². The molecule has 1 aliphatic rings. The number of aryl methyl sites for hydroxylation is 1. The van der Waals surface area contributed by atoms with Crippen molar-refractivity contribution in [3.8, 4) is 0 Å². The Morgan fingerprint density at radius 1 is 1.10 bits per heavy atom. The van der Waals surface area contributed by atoms with Crippen LogP contribution in [0.2, 0.25) is 0 Å². The summed E-state index contributed by atoms with van der Waals surface area (Å²) in [5, 5.41) is 11.2. The summed E-state index contributed by atoms with van der Waals surface area (Å²) in [6.45, 7) is 0. The number of rotatable bonds is 5. The van der Waals surface area contributed by atoms with Crippen molar-refractivity contribution < 1.29 is 14.3 Å². The molecule has 0 bridgehead atoms. The summed E-state index contributed by atoms with van der Waals surface area (Å²) in [6, 6.07) is 19.3. The lowest BCUT2D eigenvalue weighted by Gasteiger charge is -2.14. The van der Waals surface area contributed by atoms with E-state index >= 15 is 0 Å². The van der Waals surface area contributed by atoms with Gasteiger partial charge in [0.1, 0.15) is 12.0 Å². The SMILES string of the molecule is Cn1cccc1C(=O)NC1=COC(c2ccccc2/C=C/c2n[nH]c3ccccc23)O1. The minimum absolute atomic E-state index is 0.262. The number of amides is 1. The number of fused-ring (bicyclic) bond motifs is 1. The van der Waals surface area contributed by atoms with Crippen LogP contribution in [0.25, 0.3) is 23.1 Å². The molecule has 4 aromatic rings. The Balaban J connectivity index is 1.32. The molecule has 1 unspecified atom stereocenters. The van der Waals surface area contributed by atoms with E-state index in [1.165, 1.54) is 6.26 Å². The van der Waals surface area contributed by atoms with Gasteiger partial charge in [-0.05, 0) is 29.8 Å². The number of H-pyrrole nitrogens is 1. The minimum Gasteiger partial charge on any atom is -0.453 e. The highest BCUT2D eigenvalue weighted by Crippen LogP contribution is 2.31. The first kappa shape index (κ1) is 18.7. The molecule has 0 saturated carbocycles. The maximum atomic E-state index is 12.4. The monoisotopic (exact) mass is 412 g/mol. The van der Waals surface area contributed by atoms with Gasteiger partial charge in [-0.15, -0.1) is 0 Å². The first-order valence-corrected chi connectivity index (χ1v) is 9.84. The lowest BCUT2D eigenvalue weighted by atomic mass is 10.1. The zero-order valence-electron chi connectivity index (χ0n) is 16.8. The van der Waals surface area contributed by atoms with Gasteiger partial charge in [-0.3, -0.25) is 15.2 Å². The van der Waals surface area contributed by atoms with E-state index in [1.54, 1.807) is 10.6 Å². The fraction of sp³-hybridized carbons (Fsp3) is 0.0833. The summed E-state index contributed by atoms with van der Waals surface area (Å²) in [6.07, 6.45) is 6.51. The van der Waals surface area contributed by atoms with Crippen LogP contribution in [-0.2, 0) is 16.5 Å². The van der Waals surface area contributed by atoms with Gasteiger partial charge in [-0.1, -0.05) is 48.5 Å². The lowest BCUT2D eigenvalue weighted by Crippen LogP contribution is -2.25. The van der Waals surface area contributed by atoms with Gasteiger partial charge in [0.05, 0.1) is 11.2 Å². The molecule has 1 amide bonds. The molecule has 0 aliphatic carbocycles. The molecule has 5 rings (SSSR count). The van der Waals surface area contributed by atoms with Crippen molar-refractivity contribution in [2.24, 2.45) is 7.05 Å². The number of para-hydroxylation sites is 1. The van der Waals surface area contributed by atoms with Crippen molar-refractivity contribution >= 4 is 29.0 Å². The van der Waals surface area contributed by atoms with Crippen LogP contribution in [-0.4, -0.2) is 20.7 Å². The Kier molecular flexibility index (Phi) is 4.76. The normalized spacial score (nSPS) is 15.6. The molecular formula is C24H20N4O3. The van der Waals surface area contributed by atoms with E-state index in [-0.39, 0.29) is 11.8 Å². The van der Waals surface area contributed by atoms with E-state index < -0.39 is 6.29 Å². The highest BCUT2D eigenvalue weighted by molar-refractivity contribution is 5.93. The Morgan fingerprint density at radius 3 is 2.81 bits per heavy atom. The lowest BCUT2D eigenvalue weighted by molar-refractivity contribution is -0.0371. The number of nitrogens with one attached hydrogen (secondary N) is 2. The van der Waals surface area contributed by atoms with Gasteiger partial charge in [0, 0.05) is 24.2 Å². The average molecular weight is 412 g/mol. The number of hydrogen-bond acceptors (Lipinski definition) is 4. The molecule has 2 aromatic heterocycles. The molecule has 0 radical (unpaired) electrons. The summed E-state index contributed by atoms with van der Waals surface area (Å²) in [4.78, 5) is 12.4. The zero-order valence-corrected chi connectivity index (χ0v) is 16.8. The second kappa shape index (κ2) is 7.87. The van der Waals surface area contributed by atoms with Gasteiger partial charge in [0.25, 0.3) is 12.2 Å². The molecule has 2 aromatic carbocycles. The van der Waals surface area contributed by atoms with Crippen molar-refractivity contribution in [2.45, 2.75) is 6.29 Å². The molecule has 0 fully saturated rings. The fourth-order valence-corrected chi connectivity index (χ4v) is 3.52. The predicted molar refractivity (Wildman–Crippen MR) is 117 cm³/mol. The Labute approximate surface area is 178 Å². The molecule has 31 heavy (non-hydrogen) atoms. The highest BCUT2D eigenvalue weighted by Gasteiger charge is 2.25.